The lowest BCUT2D eigenvalue weighted by Crippen LogP contribution is -2.27. The molecule has 3 aromatic rings. The van der Waals surface area contributed by atoms with Gasteiger partial charge in [0.2, 0.25) is 5.91 Å². The van der Waals surface area contributed by atoms with Crippen molar-refractivity contribution in [1.82, 2.24) is 0 Å². The largest absolute Gasteiger partial charge is 0.426 e. The molecule has 1 aliphatic heterocycles. The van der Waals surface area contributed by atoms with Crippen LogP contribution in [0.15, 0.2) is 60.7 Å². The highest BCUT2D eigenvalue weighted by Gasteiger charge is 2.37. The van der Waals surface area contributed by atoms with Crippen LogP contribution in [-0.4, -0.2) is 18.4 Å². The van der Waals surface area contributed by atoms with Gasteiger partial charge in [0.1, 0.15) is 5.75 Å². The number of halogens is 2. The second-order valence-corrected chi connectivity index (χ2v) is 7.19. The van der Waals surface area contributed by atoms with E-state index in [1.165, 1.54) is 4.90 Å². The zero-order chi connectivity index (χ0) is 19.0. The van der Waals surface area contributed by atoms with Gasteiger partial charge >= 0.3 is 5.97 Å². The molecule has 136 valence electrons. The number of anilines is 1. The first-order chi connectivity index (χ1) is 13.0. The van der Waals surface area contributed by atoms with E-state index in [0.29, 0.717) is 21.5 Å². The van der Waals surface area contributed by atoms with Crippen LogP contribution in [-0.2, 0) is 9.59 Å². The van der Waals surface area contributed by atoms with E-state index in [-0.39, 0.29) is 18.9 Å². The van der Waals surface area contributed by atoms with Gasteiger partial charge in [-0.3, -0.25) is 9.59 Å². The fraction of sp³-hybridized carbons (Fsp3) is 0.143. The maximum absolute atomic E-state index is 12.6. The lowest BCUT2D eigenvalue weighted by Gasteiger charge is -2.18. The summed E-state index contributed by atoms with van der Waals surface area (Å²) in [4.78, 5) is 26.4. The molecule has 1 heterocycles. The minimum absolute atomic E-state index is 0.0786. The highest BCUT2D eigenvalue weighted by atomic mass is 35.5. The first kappa shape index (κ1) is 17.8. The van der Waals surface area contributed by atoms with Crippen molar-refractivity contribution in [3.05, 3.63) is 70.7 Å². The molecule has 1 saturated heterocycles. The average Bonchev–Trinajstić information content (AvgIpc) is 3.05. The predicted molar refractivity (Wildman–Crippen MR) is 107 cm³/mol. The first-order valence-electron chi connectivity index (χ1n) is 8.48. The molecule has 1 amide bonds. The van der Waals surface area contributed by atoms with E-state index in [1.54, 1.807) is 24.3 Å². The van der Waals surface area contributed by atoms with Gasteiger partial charge in [0.05, 0.1) is 21.7 Å². The van der Waals surface area contributed by atoms with E-state index in [0.717, 1.165) is 10.8 Å². The summed E-state index contributed by atoms with van der Waals surface area (Å²) in [7, 11) is 0. The van der Waals surface area contributed by atoms with E-state index in [2.05, 4.69) is 0 Å². The lowest BCUT2D eigenvalue weighted by molar-refractivity contribution is -0.139. The van der Waals surface area contributed by atoms with Gasteiger partial charge in [0.25, 0.3) is 0 Å². The Bertz CT molecular complexity index is 1050. The average molecular weight is 400 g/mol. The highest BCUT2D eigenvalue weighted by Crippen LogP contribution is 2.36. The van der Waals surface area contributed by atoms with Crippen molar-refractivity contribution >= 4 is 51.5 Å². The molecule has 6 heteroatoms. The molecular weight excluding hydrogens is 385 g/mol. The van der Waals surface area contributed by atoms with Crippen molar-refractivity contribution in [2.45, 2.75) is 6.42 Å². The topological polar surface area (TPSA) is 46.6 Å². The van der Waals surface area contributed by atoms with Crippen LogP contribution in [0.2, 0.25) is 10.0 Å². The molecule has 3 aromatic carbocycles. The second-order valence-electron chi connectivity index (χ2n) is 6.41. The number of hydrogen-bond donors (Lipinski definition) is 0. The summed E-state index contributed by atoms with van der Waals surface area (Å²) < 4.78 is 5.52. The van der Waals surface area contributed by atoms with Crippen LogP contribution in [0.3, 0.4) is 0 Å². The lowest BCUT2D eigenvalue weighted by atomic mass is 10.1. The van der Waals surface area contributed by atoms with E-state index in [4.69, 9.17) is 27.9 Å². The molecule has 0 N–H and O–H groups in total. The number of hydrogen-bond acceptors (Lipinski definition) is 3. The Morgan fingerprint density at radius 1 is 1.00 bits per heavy atom. The number of fused-ring (bicyclic) bond motifs is 1. The molecule has 0 bridgehead atoms. The Kier molecular flexibility index (Phi) is 4.77. The molecule has 27 heavy (non-hydrogen) atoms. The monoisotopic (exact) mass is 399 g/mol. The normalized spacial score (nSPS) is 16.7. The number of ether oxygens (including phenoxy) is 1. The molecule has 1 aliphatic rings. The summed E-state index contributed by atoms with van der Waals surface area (Å²) in [6, 6.07) is 18.4. The van der Waals surface area contributed by atoms with Gasteiger partial charge in [-0.1, -0.05) is 59.6 Å². The molecule has 0 radical (unpaired) electrons. The summed E-state index contributed by atoms with van der Waals surface area (Å²) in [6.07, 6.45) is 0.0786. The van der Waals surface area contributed by atoms with Crippen molar-refractivity contribution in [2.75, 3.05) is 11.4 Å². The van der Waals surface area contributed by atoms with Crippen molar-refractivity contribution in [3.8, 4) is 5.75 Å². The van der Waals surface area contributed by atoms with Crippen LogP contribution < -0.4 is 9.64 Å². The number of rotatable bonds is 3. The SMILES string of the molecule is O=C(Oc1ccc2ccccc2c1)[C@@H]1CC(=O)N(c2cccc(Cl)c2Cl)C1. The summed E-state index contributed by atoms with van der Waals surface area (Å²) in [6.45, 7) is 0.214. The van der Waals surface area contributed by atoms with Crippen LogP contribution >= 0.6 is 23.2 Å². The molecule has 0 unspecified atom stereocenters. The fourth-order valence-electron chi connectivity index (χ4n) is 3.23. The molecule has 0 spiro atoms. The molecule has 1 fully saturated rings. The predicted octanol–water partition coefficient (Wildman–Crippen LogP) is 5.11. The molecule has 0 aromatic heterocycles. The maximum Gasteiger partial charge on any atom is 0.316 e. The highest BCUT2D eigenvalue weighted by molar-refractivity contribution is 6.44. The molecular formula is C21H15Cl2NO3. The summed E-state index contributed by atoms with van der Waals surface area (Å²) in [5, 5.41) is 2.72. The summed E-state index contributed by atoms with van der Waals surface area (Å²) in [5.41, 5.74) is 0.509. The van der Waals surface area contributed by atoms with Gasteiger partial charge in [-0.25, -0.2) is 0 Å². The Balaban J connectivity index is 1.51. The van der Waals surface area contributed by atoms with Crippen molar-refractivity contribution in [3.63, 3.8) is 0 Å². The summed E-state index contributed by atoms with van der Waals surface area (Å²) >= 11 is 12.2. The number of amides is 1. The van der Waals surface area contributed by atoms with E-state index in [9.17, 15) is 9.59 Å². The van der Waals surface area contributed by atoms with Gasteiger partial charge in [-0.2, -0.15) is 0 Å². The Hall–Kier alpha value is -2.56. The van der Waals surface area contributed by atoms with Crippen molar-refractivity contribution < 1.29 is 14.3 Å². The molecule has 0 saturated carbocycles. The maximum atomic E-state index is 12.6. The fourth-order valence-corrected chi connectivity index (χ4v) is 3.63. The van der Waals surface area contributed by atoms with Crippen molar-refractivity contribution in [1.29, 1.82) is 0 Å². The van der Waals surface area contributed by atoms with Gasteiger partial charge in [0.15, 0.2) is 0 Å². The van der Waals surface area contributed by atoms with Gasteiger partial charge in [-0.05, 0) is 35.0 Å². The first-order valence-corrected chi connectivity index (χ1v) is 9.23. The minimum Gasteiger partial charge on any atom is -0.426 e. The van der Waals surface area contributed by atoms with E-state index < -0.39 is 11.9 Å². The van der Waals surface area contributed by atoms with Crippen LogP contribution in [0.1, 0.15) is 6.42 Å². The molecule has 1 atom stereocenters. The molecule has 4 nitrogen and oxygen atoms in total. The van der Waals surface area contributed by atoms with Crippen molar-refractivity contribution in [2.24, 2.45) is 5.92 Å². The Morgan fingerprint density at radius 2 is 1.78 bits per heavy atom. The van der Waals surface area contributed by atoms with Gasteiger partial charge in [0, 0.05) is 13.0 Å². The number of carbonyl (C=O) groups excluding carboxylic acids is 2. The Morgan fingerprint density at radius 3 is 2.59 bits per heavy atom. The molecule has 4 rings (SSSR count). The smallest absolute Gasteiger partial charge is 0.316 e. The van der Waals surface area contributed by atoms with Crippen LogP contribution in [0.25, 0.3) is 10.8 Å². The van der Waals surface area contributed by atoms with E-state index in [1.807, 2.05) is 36.4 Å². The van der Waals surface area contributed by atoms with Crippen LogP contribution in [0.4, 0.5) is 5.69 Å². The zero-order valence-electron chi connectivity index (χ0n) is 14.2. The standard InChI is InChI=1S/C21H15Cl2NO3/c22-17-6-3-7-18(20(17)23)24-12-15(11-19(24)25)21(26)27-16-9-8-13-4-1-2-5-14(13)10-16/h1-10,15H,11-12H2/t15-/m1/s1. The third kappa shape index (κ3) is 3.51. The van der Waals surface area contributed by atoms with Gasteiger partial charge in [-0.15, -0.1) is 0 Å². The minimum atomic E-state index is -0.556. The number of benzene rings is 3. The Labute approximate surface area is 166 Å². The molecule has 0 aliphatic carbocycles. The second kappa shape index (κ2) is 7.22. The number of esters is 1. The van der Waals surface area contributed by atoms with Gasteiger partial charge < -0.3 is 9.64 Å². The van der Waals surface area contributed by atoms with Crippen LogP contribution in [0, 0.1) is 5.92 Å². The summed E-state index contributed by atoms with van der Waals surface area (Å²) in [5.74, 6) is -0.705. The third-order valence-electron chi connectivity index (χ3n) is 4.62. The third-order valence-corrected chi connectivity index (χ3v) is 5.43. The van der Waals surface area contributed by atoms with Crippen LogP contribution in [0.5, 0.6) is 5.75 Å². The number of carbonyl (C=O) groups is 2. The van der Waals surface area contributed by atoms with E-state index >= 15 is 0 Å². The number of nitrogens with zero attached hydrogens (tertiary/aromatic N) is 1. The zero-order valence-corrected chi connectivity index (χ0v) is 15.7. The quantitative estimate of drug-likeness (QED) is 0.454.